The van der Waals surface area contributed by atoms with Gasteiger partial charge in [0.25, 0.3) is 0 Å². The van der Waals surface area contributed by atoms with Crippen molar-refractivity contribution in [3.63, 3.8) is 0 Å². The van der Waals surface area contributed by atoms with E-state index in [-0.39, 0.29) is 0 Å². The van der Waals surface area contributed by atoms with Gasteiger partial charge in [0.15, 0.2) is 0 Å². The Labute approximate surface area is 83.3 Å². The van der Waals surface area contributed by atoms with Gasteiger partial charge < -0.3 is 5.43 Å². The lowest BCUT2D eigenvalue weighted by atomic mass is 10.0. The van der Waals surface area contributed by atoms with Gasteiger partial charge in [0, 0.05) is 0 Å². The Kier molecular flexibility index (Phi) is 2.00. The summed E-state index contributed by atoms with van der Waals surface area (Å²) in [5, 5.41) is 0. The Morgan fingerprint density at radius 2 is 1.79 bits per heavy atom. The molecule has 2 rings (SSSR count). The zero-order chi connectivity index (χ0) is 10.3. The lowest BCUT2D eigenvalue weighted by Crippen LogP contribution is -2.11. The summed E-state index contributed by atoms with van der Waals surface area (Å²) in [5.41, 5.74) is 5.30. The minimum Gasteiger partial charge on any atom is -0.324 e. The second kappa shape index (κ2) is 2.95. The van der Waals surface area contributed by atoms with E-state index in [1.807, 2.05) is 26.0 Å². The third-order valence-electron chi connectivity index (χ3n) is 2.88. The van der Waals surface area contributed by atoms with Gasteiger partial charge in [-0.2, -0.15) is 0 Å². The lowest BCUT2D eigenvalue weighted by molar-refractivity contribution is 0.317. The van der Waals surface area contributed by atoms with Crippen LogP contribution in [-0.4, -0.2) is 0 Å². The molecular weight excluding hydrogens is 179 g/mol. The molecule has 1 fully saturated rings. The molecule has 1 aliphatic carbocycles. The highest BCUT2D eigenvalue weighted by Crippen LogP contribution is 2.50. The van der Waals surface area contributed by atoms with Crippen LogP contribution < -0.4 is 11.3 Å². The molecule has 1 aliphatic rings. The Morgan fingerprint density at radius 1 is 1.29 bits per heavy atom. The SMILES string of the molecule is Cc1cc(C2(F)CC2)cc(C)c1NN. The molecule has 0 saturated heterocycles. The number of hydrazine groups is 1. The van der Waals surface area contributed by atoms with Gasteiger partial charge in [-0.25, -0.2) is 4.39 Å². The zero-order valence-corrected chi connectivity index (χ0v) is 8.52. The van der Waals surface area contributed by atoms with Gasteiger partial charge in [-0.15, -0.1) is 0 Å². The fourth-order valence-corrected chi connectivity index (χ4v) is 1.85. The van der Waals surface area contributed by atoms with Crippen molar-refractivity contribution in [3.05, 3.63) is 28.8 Å². The Morgan fingerprint density at radius 3 is 2.14 bits per heavy atom. The van der Waals surface area contributed by atoms with Crippen LogP contribution in [0.1, 0.15) is 29.5 Å². The van der Waals surface area contributed by atoms with Crippen molar-refractivity contribution in [1.29, 1.82) is 0 Å². The quantitative estimate of drug-likeness (QED) is 0.561. The zero-order valence-electron chi connectivity index (χ0n) is 8.52. The fraction of sp³-hybridized carbons (Fsp3) is 0.455. The van der Waals surface area contributed by atoms with Gasteiger partial charge in [-0.3, -0.25) is 5.84 Å². The molecule has 3 N–H and O–H groups in total. The fourth-order valence-electron chi connectivity index (χ4n) is 1.85. The van der Waals surface area contributed by atoms with E-state index in [0.717, 1.165) is 22.4 Å². The van der Waals surface area contributed by atoms with E-state index < -0.39 is 5.67 Å². The molecule has 14 heavy (non-hydrogen) atoms. The molecule has 0 heterocycles. The summed E-state index contributed by atoms with van der Waals surface area (Å²) in [6.45, 7) is 3.88. The molecule has 3 heteroatoms. The molecule has 0 aromatic heterocycles. The van der Waals surface area contributed by atoms with Crippen molar-refractivity contribution in [1.82, 2.24) is 0 Å². The molecule has 1 aromatic rings. The van der Waals surface area contributed by atoms with E-state index in [1.165, 1.54) is 0 Å². The number of benzene rings is 1. The summed E-state index contributed by atoms with van der Waals surface area (Å²) >= 11 is 0. The van der Waals surface area contributed by atoms with Gasteiger partial charge in [0.05, 0.1) is 5.69 Å². The van der Waals surface area contributed by atoms with Crippen LogP contribution in [0.15, 0.2) is 12.1 Å². The predicted octanol–water partition coefficient (Wildman–Crippen LogP) is 2.55. The van der Waals surface area contributed by atoms with Crippen molar-refractivity contribution in [3.8, 4) is 0 Å². The van der Waals surface area contributed by atoms with Crippen molar-refractivity contribution >= 4 is 5.69 Å². The number of hydrogen-bond donors (Lipinski definition) is 2. The summed E-state index contributed by atoms with van der Waals surface area (Å²) in [5.74, 6) is 5.38. The molecule has 0 amide bonds. The van der Waals surface area contributed by atoms with Crippen LogP contribution in [0.5, 0.6) is 0 Å². The summed E-state index contributed by atoms with van der Waals surface area (Å²) in [4.78, 5) is 0. The third-order valence-corrected chi connectivity index (χ3v) is 2.88. The number of nitrogens with one attached hydrogen (secondary N) is 1. The average Bonchev–Trinajstić information content (AvgIpc) is 2.84. The van der Waals surface area contributed by atoms with E-state index in [1.54, 1.807) is 0 Å². The minimum absolute atomic E-state index is 0.654. The maximum absolute atomic E-state index is 13.8. The van der Waals surface area contributed by atoms with Gasteiger partial charge >= 0.3 is 0 Å². The van der Waals surface area contributed by atoms with Crippen molar-refractivity contribution in [2.75, 3.05) is 5.43 Å². The number of halogens is 1. The minimum atomic E-state index is -1.05. The first-order valence-corrected chi connectivity index (χ1v) is 4.84. The molecular formula is C11H15FN2. The monoisotopic (exact) mass is 194 g/mol. The largest absolute Gasteiger partial charge is 0.324 e. The van der Waals surface area contributed by atoms with Gasteiger partial charge in [-0.05, 0) is 43.4 Å². The molecule has 0 radical (unpaired) electrons. The second-order valence-corrected chi connectivity index (χ2v) is 4.09. The third kappa shape index (κ3) is 1.38. The topological polar surface area (TPSA) is 38.0 Å². The van der Waals surface area contributed by atoms with E-state index in [2.05, 4.69) is 5.43 Å². The molecule has 0 atom stereocenters. The molecule has 76 valence electrons. The number of alkyl halides is 1. The van der Waals surface area contributed by atoms with Crippen molar-refractivity contribution in [2.24, 2.45) is 5.84 Å². The lowest BCUT2D eigenvalue weighted by Gasteiger charge is -2.13. The van der Waals surface area contributed by atoms with Crippen LogP contribution in [0.4, 0.5) is 10.1 Å². The first-order chi connectivity index (χ1) is 6.57. The number of rotatable bonds is 2. The maximum Gasteiger partial charge on any atom is 0.136 e. The van der Waals surface area contributed by atoms with E-state index in [0.29, 0.717) is 12.8 Å². The van der Waals surface area contributed by atoms with Crippen LogP contribution in [0, 0.1) is 13.8 Å². The van der Waals surface area contributed by atoms with Gasteiger partial charge in [0.2, 0.25) is 0 Å². The Bertz CT molecular complexity index is 347. The number of hydrogen-bond acceptors (Lipinski definition) is 2. The van der Waals surface area contributed by atoms with Crippen LogP contribution >= 0.6 is 0 Å². The molecule has 1 saturated carbocycles. The molecule has 0 bridgehead atoms. The summed E-state index contributed by atoms with van der Waals surface area (Å²) in [7, 11) is 0. The molecule has 1 aromatic carbocycles. The smallest absolute Gasteiger partial charge is 0.136 e. The summed E-state index contributed by atoms with van der Waals surface area (Å²) < 4.78 is 13.8. The standard InChI is InChI=1S/C11H15FN2/c1-7-5-9(11(12)3-4-11)6-8(2)10(7)14-13/h5-6,14H,3-4,13H2,1-2H3. The number of anilines is 1. The first kappa shape index (κ1) is 9.46. The van der Waals surface area contributed by atoms with Crippen molar-refractivity contribution in [2.45, 2.75) is 32.4 Å². The van der Waals surface area contributed by atoms with E-state index in [4.69, 9.17) is 5.84 Å². The van der Waals surface area contributed by atoms with Crippen LogP contribution in [-0.2, 0) is 5.67 Å². The summed E-state index contributed by atoms with van der Waals surface area (Å²) in [6.07, 6.45) is 1.31. The van der Waals surface area contributed by atoms with Gasteiger partial charge in [0.1, 0.15) is 5.67 Å². The van der Waals surface area contributed by atoms with Crippen LogP contribution in [0.2, 0.25) is 0 Å². The predicted molar refractivity (Wildman–Crippen MR) is 55.7 cm³/mol. The number of nitrogens with two attached hydrogens (primary N) is 1. The van der Waals surface area contributed by atoms with E-state index >= 15 is 0 Å². The summed E-state index contributed by atoms with van der Waals surface area (Å²) in [6, 6.07) is 3.77. The first-order valence-electron chi connectivity index (χ1n) is 4.84. The van der Waals surface area contributed by atoms with E-state index in [9.17, 15) is 4.39 Å². The van der Waals surface area contributed by atoms with Crippen molar-refractivity contribution < 1.29 is 4.39 Å². The Balaban J connectivity index is 2.47. The molecule has 0 spiro atoms. The van der Waals surface area contributed by atoms with Crippen LogP contribution in [0.3, 0.4) is 0 Å². The molecule has 0 unspecified atom stereocenters. The number of nitrogen functional groups attached to an aromatic ring is 1. The highest BCUT2D eigenvalue weighted by Gasteiger charge is 2.45. The normalized spacial score (nSPS) is 18.0. The average molecular weight is 194 g/mol. The number of aryl methyl sites for hydroxylation is 2. The Hall–Kier alpha value is -1.09. The van der Waals surface area contributed by atoms with Gasteiger partial charge in [-0.1, -0.05) is 12.1 Å². The van der Waals surface area contributed by atoms with Crippen LogP contribution in [0.25, 0.3) is 0 Å². The maximum atomic E-state index is 13.8. The molecule has 0 aliphatic heterocycles. The molecule has 2 nitrogen and oxygen atoms in total. The highest BCUT2D eigenvalue weighted by atomic mass is 19.1. The highest BCUT2D eigenvalue weighted by molar-refractivity contribution is 5.58. The second-order valence-electron chi connectivity index (χ2n) is 4.09.